The fraction of sp³-hybridized carbons (Fsp3) is 0.429. The number of nitrogens with one attached hydrogen (secondary N) is 3. The Hall–Kier alpha value is -3.73. The summed E-state index contributed by atoms with van der Waals surface area (Å²) in [6, 6.07) is 24.3. The van der Waals surface area contributed by atoms with Gasteiger partial charge in [-0.2, -0.15) is 0 Å². The highest BCUT2D eigenvalue weighted by Crippen LogP contribution is 2.29. The van der Waals surface area contributed by atoms with E-state index >= 15 is 0 Å². The van der Waals surface area contributed by atoms with Gasteiger partial charge in [0, 0.05) is 12.0 Å². The lowest BCUT2D eigenvalue weighted by molar-refractivity contribution is -0.141. The zero-order valence-electron chi connectivity index (χ0n) is 26.6. The van der Waals surface area contributed by atoms with Crippen LogP contribution in [0.25, 0.3) is 0 Å². The maximum Gasteiger partial charge on any atom is 0.328 e. The van der Waals surface area contributed by atoms with E-state index in [1.807, 2.05) is 74.5 Å². The molecule has 3 N–H and O–H groups in total. The van der Waals surface area contributed by atoms with Crippen molar-refractivity contribution in [2.24, 2.45) is 5.41 Å². The van der Waals surface area contributed by atoms with E-state index < -0.39 is 33.5 Å². The van der Waals surface area contributed by atoms with Gasteiger partial charge in [-0.15, -0.1) is 0 Å². The number of carbonyl (C=O) groups excluding carboxylic acids is 2. The zero-order valence-corrected chi connectivity index (χ0v) is 27.4. The Morgan fingerprint density at radius 1 is 0.778 bits per heavy atom. The number of hydrogen-bond acceptors (Lipinski definition) is 6. The number of sulfonamides is 1. The number of rotatable bonds is 19. The Morgan fingerprint density at radius 2 is 1.36 bits per heavy atom. The number of benzene rings is 3. The van der Waals surface area contributed by atoms with E-state index in [4.69, 9.17) is 9.47 Å². The summed E-state index contributed by atoms with van der Waals surface area (Å²) in [5, 5.41) is 5.36. The molecule has 0 aliphatic carbocycles. The van der Waals surface area contributed by atoms with Gasteiger partial charge in [0.1, 0.15) is 11.0 Å². The van der Waals surface area contributed by atoms with Crippen molar-refractivity contribution < 1.29 is 27.5 Å². The van der Waals surface area contributed by atoms with Crippen molar-refractivity contribution in [2.75, 3.05) is 18.5 Å². The summed E-state index contributed by atoms with van der Waals surface area (Å²) in [7, 11) is -4.29. The molecule has 1 unspecified atom stereocenters. The van der Waals surface area contributed by atoms with Crippen molar-refractivity contribution in [1.82, 2.24) is 10.0 Å². The van der Waals surface area contributed by atoms with E-state index in [-0.39, 0.29) is 23.8 Å². The Morgan fingerprint density at radius 3 is 2.02 bits per heavy atom. The van der Waals surface area contributed by atoms with Gasteiger partial charge in [-0.05, 0) is 29.7 Å². The largest absolute Gasteiger partial charge is 0.376 e. The maximum atomic E-state index is 13.8. The van der Waals surface area contributed by atoms with Gasteiger partial charge < -0.3 is 20.1 Å². The molecule has 3 rings (SSSR count). The maximum absolute atomic E-state index is 13.8. The van der Waals surface area contributed by atoms with Gasteiger partial charge in [0.2, 0.25) is 0 Å². The van der Waals surface area contributed by atoms with E-state index in [9.17, 15) is 18.0 Å². The lowest BCUT2D eigenvalue weighted by atomic mass is 9.86. The van der Waals surface area contributed by atoms with Crippen LogP contribution in [0, 0.1) is 5.41 Å². The molecule has 0 aromatic heterocycles. The minimum atomic E-state index is -4.29. The van der Waals surface area contributed by atoms with Gasteiger partial charge in [-0.3, -0.25) is 4.79 Å². The molecule has 0 saturated heterocycles. The quantitative estimate of drug-likeness (QED) is 0.124. The van der Waals surface area contributed by atoms with Gasteiger partial charge >= 0.3 is 6.03 Å². The molecule has 9 nitrogen and oxygen atoms in total. The monoisotopic (exact) mass is 637 g/mol. The standard InChI is InChI=1S/C35H47N3O6S/c1-4-5-6-7-8-17-24-36-34(40)38-45(41,42)31-23-16-15-22-30(31)37-33(39)32(44-26-29-20-13-10-14-21-29)35(2,3)27-43-25-28-18-11-9-12-19-28/h9-16,18-23,32H,4-8,17,24-27H2,1-3H3,(H,37,39)(H2,36,38,40). The number of ether oxygens (including phenoxy) is 2. The Balaban J connectivity index is 1.69. The third-order valence-corrected chi connectivity index (χ3v) is 8.66. The molecule has 0 aliphatic heterocycles. The lowest BCUT2D eigenvalue weighted by Gasteiger charge is -2.33. The molecule has 3 aromatic rings. The molecule has 10 heteroatoms. The van der Waals surface area contributed by atoms with Crippen molar-refractivity contribution >= 4 is 27.6 Å². The van der Waals surface area contributed by atoms with Crippen LogP contribution in [0.2, 0.25) is 0 Å². The summed E-state index contributed by atoms with van der Waals surface area (Å²) < 4.78 is 40.7. The molecule has 0 fully saturated rings. The number of anilines is 1. The number of amides is 3. The summed E-state index contributed by atoms with van der Waals surface area (Å²) in [5.74, 6) is -0.533. The summed E-state index contributed by atoms with van der Waals surface area (Å²) >= 11 is 0. The fourth-order valence-corrected chi connectivity index (χ4v) is 5.91. The first-order valence-corrected chi connectivity index (χ1v) is 17.1. The molecule has 3 amide bonds. The molecular weight excluding hydrogens is 590 g/mol. The number of para-hydroxylation sites is 1. The third kappa shape index (κ3) is 12.3. The van der Waals surface area contributed by atoms with Crippen molar-refractivity contribution in [3.8, 4) is 0 Å². The van der Waals surface area contributed by atoms with Gasteiger partial charge in [0.25, 0.3) is 15.9 Å². The first kappa shape index (κ1) is 35.7. The lowest BCUT2D eigenvalue weighted by Crippen LogP contribution is -2.45. The van der Waals surface area contributed by atoms with Crippen LogP contribution in [0.15, 0.2) is 89.8 Å². The molecule has 244 valence electrons. The smallest absolute Gasteiger partial charge is 0.328 e. The summed E-state index contributed by atoms with van der Waals surface area (Å²) in [6.45, 7) is 6.99. The highest BCUT2D eigenvalue weighted by molar-refractivity contribution is 7.90. The topological polar surface area (TPSA) is 123 Å². The number of urea groups is 1. The molecule has 3 aromatic carbocycles. The van der Waals surface area contributed by atoms with E-state index in [0.29, 0.717) is 13.2 Å². The Kier molecular flexibility index (Phi) is 14.5. The predicted octanol–water partition coefficient (Wildman–Crippen LogP) is 6.80. The summed E-state index contributed by atoms with van der Waals surface area (Å²) in [6.07, 6.45) is 5.29. The summed E-state index contributed by atoms with van der Waals surface area (Å²) in [4.78, 5) is 26.0. The van der Waals surface area contributed by atoms with Crippen LogP contribution in [0.3, 0.4) is 0 Å². The number of carbonyl (C=O) groups is 2. The average molecular weight is 638 g/mol. The Labute approximate surface area is 268 Å². The van der Waals surface area contributed by atoms with E-state index in [0.717, 1.165) is 43.2 Å². The zero-order chi connectivity index (χ0) is 32.5. The van der Waals surface area contributed by atoms with Gasteiger partial charge in [-0.1, -0.05) is 126 Å². The second-order valence-corrected chi connectivity index (χ2v) is 13.4. The first-order valence-electron chi connectivity index (χ1n) is 15.6. The SMILES string of the molecule is CCCCCCCCNC(=O)NS(=O)(=O)c1ccccc1NC(=O)C(OCc1ccccc1)C(C)(C)COCc1ccccc1. The Bertz CT molecular complexity index is 1430. The number of unbranched alkanes of at least 4 members (excludes halogenated alkanes) is 5. The van der Waals surface area contributed by atoms with Crippen molar-refractivity contribution in [2.45, 2.75) is 83.5 Å². The molecule has 45 heavy (non-hydrogen) atoms. The second kappa shape index (κ2) is 18.3. The third-order valence-electron chi connectivity index (χ3n) is 7.27. The van der Waals surface area contributed by atoms with Gasteiger partial charge in [-0.25, -0.2) is 17.9 Å². The van der Waals surface area contributed by atoms with Crippen LogP contribution in [0.4, 0.5) is 10.5 Å². The van der Waals surface area contributed by atoms with Crippen LogP contribution in [-0.2, 0) is 37.5 Å². The van der Waals surface area contributed by atoms with E-state index in [1.165, 1.54) is 24.6 Å². The molecule has 0 aliphatic rings. The molecule has 0 saturated carbocycles. The minimum Gasteiger partial charge on any atom is -0.376 e. The molecule has 0 radical (unpaired) electrons. The molecule has 0 bridgehead atoms. The van der Waals surface area contributed by atoms with Crippen LogP contribution in [-0.4, -0.2) is 39.6 Å². The molecule has 1 atom stereocenters. The van der Waals surface area contributed by atoms with E-state index in [1.54, 1.807) is 6.07 Å². The molecule has 0 spiro atoms. The highest BCUT2D eigenvalue weighted by atomic mass is 32.2. The van der Waals surface area contributed by atoms with Crippen LogP contribution in [0.5, 0.6) is 0 Å². The first-order chi connectivity index (χ1) is 21.6. The van der Waals surface area contributed by atoms with Crippen molar-refractivity contribution in [3.63, 3.8) is 0 Å². The average Bonchev–Trinajstić information content (AvgIpc) is 3.01. The normalized spacial score (nSPS) is 12.3. The summed E-state index contributed by atoms with van der Waals surface area (Å²) in [5.41, 5.74) is 1.13. The van der Waals surface area contributed by atoms with Gasteiger partial charge in [0.15, 0.2) is 0 Å². The number of hydrogen-bond donors (Lipinski definition) is 3. The highest BCUT2D eigenvalue weighted by Gasteiger charge is 2.37. The van der Waals surface area contributed by atoms with Crippen molar-refractivity contribution in [3.05, 3.63) is 96.1 Å². The van der Waals surface area contributed by atoms with Gasteiger partial charge in [0.05, 0.1) is 25.5 Å². The second-order valence-electron chi connectivity index (χ2n) is 11.8. The van der Waals surface area contributed by atoms with Crippen LogP contribution < -0.4 is 15.4 Å². The predicted molar refractivity (Wildman–Crippen MR) is 177 cm³/mol. The van der Waals surface area contributed by atoms with Crippen molar-refractivity contribution in [1.29, 1.82) is 0 Å². The fourth-order valence-electron chi connectivity index (χ4n) is 4.81. The van der Waals surface area contributed by atoms with Crippen LogP contribution in [0.1, 0.15) is 70.4 Å². The van der Waals surface area contributed by atoms with Crippen LogP contribution >= 0.6 is 0 Å². The minimum absolute atomic E-state index is 0.0352. The molecule has 0 heterocycles. The van der Waals surface area contributed by atoms with E-state index in [2.05, 4.69) is 22.3 Å². The molecular formula is C35H47N3O6S.